The van der Waals surface area contributed by atoms with Crippen molar-refractivity contribution < 1.29 is 26.4 Å². The fourth-order valence-electron chi connectivity index (χ4n) is 3.29. The Balaban J connectivity index is 1.51. The van der Waals surface area contributed by atoms with Gasteiger partial charge in [-0.15, -0.1) is 0 Å². The lowest BCUT2D eigenvalue weighted by atomic mass is 10.0. The molecule has 2 N–H and O–H groups in total. The number of ketones is 1. The van der Waals surface area contributed by atoms with Crippen LogP contribution in [-0.2, 0) is 16.2 Å². The van der Waals surface area contributed by atoms with Gasteiger partial charge in [0.05, 0.1) is 27.3 Å². The Labute approximate surface area is 213 Å². The smallest absolute Gasteiger partial charge is 0.331 e. The first-order chi connectivity index (χ1) is 16.9. The number of sulfonamides is 1. The summed E-state index contributed by atoms with van der Waals surface area (Å²) in [6, 6.07) is 15.4. The lowest BCUT2D eigenvalue weighted by Gasteiger charge is -2.13. The summed E-state index contributed by atoms with van der Waals surface area (Å²) in [6.07, 6.45) is -3.19. The highest BCUT2D eigenvalue weighted by Crippen LogP contribution is 2.34. The lowest BCUT2D eigenvalue weighted by molar-refractivity contribution is -0.137. The molecule has 36 heavy (non-hydrogen) atoms. The van der Waals surface area contributed by atoms with Gasteiger partial charge in [0.15, 0.2) is 5.13 Å². The molecule has 186 valence electrons. The molecule has 0 aliphatic rings. The second-order valence-electron chi connectivity index (χ2n) is 7.63. The number of benzene rings is 3. The van der Waals surface area contributed by atoms with E-state index in [-0.39, 0.29) is 11.5 Å². The average Bonchev–Trinajstić information content (AvgIpc) is 3.26. The number of anilines is 3. The van der Waals surface area contributed by atoms with Crippen molar-refractivity contribution in [3.05, 3.63) is 99.5 Å². The third-order valence-electron chi connectivity index (χ3n) is 5.03. The van der Waals surface area contributed by atoms with Crippen LogP contribution >= 0.6 is 22.9 Å². The molecule has 0 spiro atoms. The molecule has 6 nitrogen and oxygen atoms in total. The van der Waals surface area contributed by atoms with Crippen molar-refractivity contribution in [2.75, 3.05) is 10.0 Å². The van der Waals surface area contributed by atoms with Crippen LogP contribution in [0.15, 0.2) is 77.8 Å². The van der Waals surface area contributed by atoms with E-state index in [0.29, 0.717) is 33.4 Å². The molecule has 0 saturated heterocycles. The zero-order valence-electron chi connectivity index (χ0n) is 18.4. The Morgan fingerprint density at radius 1 is 1.00 bits per heavy atom. The summed E-state index contributed by atoms with van der Waals surface area (Å²) in [5.74, 6) is -0.159. The Bertz CT molecular complexity index is 1550. The third kappa shape index (κ3) is 5.69. The van der Waals surface area contributed by atoms with Crippen LogP contribution in [0.4, 0.5) is 29.7 Å². The summed E-state index contributed by atoms with van der Waals surface area (Å²) in [5.41, 5.74) is 0.979. The summed E-state index contributed by atoms with van der Waals surface area (Å²) < 4.78 is 66.4. The number of carbonyl (C=O) groups is 1. The summed E-state index contributed by atoms with van der Waals surface area (Å²) in [7, 11) is -4.27. The molecule has 0 aliphatic carbocycles. The van der Waals surface area contributed by atoms with E-state index in [2.05, 4.69) is 15.0 Å². The molecular weight excluding hydrogens is 535 g/mol. The second kappa shape index (κ2) is 9.92. The van der Waals surface area contributed by atoms with Crippen molar-refractivity contribution in [2.24, 2.45) is 0 Å². The fraction of sp³-hybridized carbons (Fsp3) is 0.0833. The number of halogens is 4. The van der Waals surface area contributed by atoms with E-state index in [9.17, 15) is 26.4 Å². The van der Waals surface area contributed by atoms with E-state index in [1.807, 2.05) is 19.1 Å². The molecule has 0 amide bonds. The van der Waals surface area contributed by atoms with Crippen molar-refractivity contribution in [3.63, 3.8) is 0 Å². The maximum absolute atomic E-state index is 12.9. The normalized spacial score (nSPS) is 11.8. The van der Waals surface area contributed by atoms with Crippen LogP contribution in [0, 0.1) is 6.92 Å². The Kier molecular flexibility index (Phi) is 7.07. The van der Waals surface area contributed by atoms with Gasteiger partial charge in [-0.25, -0.2) is 13.4 Å². The van der Waals surface area contributed by atoms with Gasteiger partial charge in [0.25, 0.3) is 10.0 Å². The fourth-order valence-corrected chi connectivity index (χ4v) is 5.67. The molecule has 1 heterocycles. The van der Waals surface area contributed by atoms with Crippen LogP contribution in [0.25, 0.3) is 0 Å². The van der Waals surface area contributed by atoms with Gasteiger partial charge in [0.1, 0.15) is 4.90 Å². The van der Waals surface area contributed by atoms with Crippen LogP contribution in [0.1, 0.15) is 26.4 Å². The molecule has 0 bridgehead atoms. The van der Waals surface area contributed by atoms with Crippen molar-refractivity contribution >= 4 is 55.3 Å². The molecular formula is C24H17ClF3N3O3S2. The summed E-state index contributed by atoms with van der Waals surface area (Å²) >= 11 is 6.98. The van der Waals surface area contributed by atoms with Crippen molar-refractivity contribution in [3.8, 4) is 0 Å². The first kappa shape index (κ1) is 25.7. The predicted octanol–water partition coefficient (Wildman–Crippen LogP) is 6.90. The molecule has 0 radical (unpaired) electrons. The molecule has 1 aromatic heterocycles. The first-order valence-corrected chi connectivity index (χ1v) is 12.9. The van der Waals surface area contributed by atoms with Gasteiger partial charge in [-0.3, -0.25) is 9.52 Å². The molecule has 4 aromatic rings. The van der Waals surface area contributed by atoms with Gasteiger partial charge >= 0.3 is 6.18 Å². The van der Waals surface area contributed by atoms with E-state index >= 15 is 0 Å². The molecule has 4 rings (SSSR count). The molecule has 0 atom stereocenters. The third-order valence-corrected chi connectivity index (χ3v) is 7.81. The van der Waals surface area contributed by atoms with Gasteiger partial charge < -0.3 is 5.32 Å². The van der Waals surface area contributed by atoms with Crippen LogP contribution in [0.5, 0.6) is 0 Å². The molecule has 0 unspecified atom stereocenters. The first-order valence-electron chi connectivity index (χ1n) is 10.3. The topological polar surface area (TPSA) is 88.2 Å². The number of nitrogens with one attached hydrogen (secondary N) is 2. The van der Waals surface area contributed by atoms with Gasteiger partial charge in [0, 0.05) is 11.3 Å². The van der Waals surface area contributed by atoms with Gasteiger partial charge in [-0.2, -0.15) is 13.2 Å². The van der Waals surface area contributed by atoms with Crippen molar-refractivity contribution in [1.29, 1.82) is 0 Å². The van der Waals surface area contributed by atoms with E-state index < -0.39 is 31.7 Å². The number of nitrogens with zero attached hydrogens (tertiary/aromatic N) is 1. The summed E-state index contributed by atoms with van der Waals surface area (Å²) in [4.78, 5) is 16.9. The predicted molar refractivity (Wildman–Crippen MR) is 134 cm³/mol. The highest BCUT2D eigenvalue weighted by atomic mass is 35.5. The minimum Gasteiger partial charge on any atom is -0.331 e. The molecule has 3 aromatic carbocycles. The number of aromatic nitrogens is 1. The zero-order valence-corrected chi connectivity index (χ0v) is 20.8. The van der Waals surface area contributed by atoms with Crippen LogP contribution < -0.4 is 10.0 Å². The Morgan fingerprint density at radius 3 is 2.42 bits per heavy atom. The summed E-state index contributed by atoms with van der Waals surface area (Å²) in [6.45, 7) is 1.85. The number of aryl methyl sites for hydroxylation is 1. The minimum absolute atomic E-state index is 0.142. The number of rotatable bonds is 7. The monoisotopic (exact) mass is 551 g/mol. The van der Waals surface area contributed by atoms with Crippen molar-refractivity contribution in [2.45, 2.75) is 18.0 Å². The van der Waals surface area contributed by atoms with E-state index in [1.54, 1.807) is 24.3 Å². The minimum atomic E-state index is -4.65. The average molecular weight is 552 g/mol. The Hall–Kier alpha value is -3.41. The number of hydrogen-bond donors (Lipinski definition) is 2. The number of thiazole rings is 1. The number of carbonyl (C=O) groups excluding carboxylic acids is 1. The maximum Gasteiger partial charge on any atom is 0.416 e. The standard InChI is InChI=1S/C24H17ClF3N3O3S2/c1-14-5-2-3-8-18(14)22(32)20-13-29-23(35-20)30-16-6-4-7-17(12-16)31-36(33,34)21-10-9-15(11-19(21)25)24(26,27)28/h2-13,31H,1H3,(H,29,30). The molecule has 0 fully saturated rings. The number of alkyl halides is 3. The largest absolute Gasteiger partial charge is 0.416 e. The highest BCUT2D eigenvalue weighted by Gasteiger charge is 2.32. The van der Waals surface area contributed by atoms with Gasteiger partial charge in [0.2, 0.25) is 5.78 Å². The Morgan fingerprint density at radius 2 is 1.72 bits per heavy atom. The van der Waals surface area contributed by atoms with E-state index in [4.69, 9.17) is 11.6 Å². The SMILES string of the molecule is Cc1ccccc1C(=O)c1cnc(Nc2cccc(NS(=O)(=O)c3ccc(C(F)(F)F)cc3Cl)c2)s1. The van der Waals surface area contributed by atoms with E-state index in [1.165, 1.54) is 18.3 Å². The zero-order chi connectivity index (χ0) is 26.1. The lowest BCUT2D eigenvalue weighted by Crippen LogP contribution is -2.14. The quantitative estimate of drug-likeness (QED) is 0.244. The summed E-state index contributed by atoms with van der Waals surface area (Å²) in [5, 5.41) is 2.88. The van der Waals surface area contributed by atoms with Crippen LogP contribution in [0.2, 0.25) is 5.02 Å². The maximum atomic E-state index is 12.9. The van der Waals surface area contributed by atoms with Crippen LogP contribution in [-0.4, -0.2) is 19.2 Å². The highest BCUT2D eigenvalue weighted by molar-refractivity contribution is 7.92. The second-order valence-corrected chi connectivity index (χ2v) is 10.7. The van der Waals surface area contributed by atoms with Crippen LogP contribution in [0.3, 0.4) is 0 Å². The number of hydrogen-bond acceptors (Lipinski definition) is 6. The van der Waals surface area contributed by atoms with Gasteiger partial charge in [-0.1, -0.05) is 53.3 Å². The van der Waals surface area contributed by atoms with Crippen molar-refractivity contribution in [1.82, 2.24) is 4.98 Å². The molecule has 0 aliphatic heterocycles. The molecule has 12 heteroatoms. The molecule has 0 saturated carbocycles. The van der Waals surface area contributed by atoms with E-state index in [0.717, 1.165) is 23.0 Å². The van der Waals surface area contributed by atoms with Gasteiger partial charge in [-0.05, 0) is 48.9 Å².